The maximum atomic E-state index is 13.1. The van der Waals surface area contributed by atoms with Crippen LogP contribution in [0.4, 0.5) is 10.5 Å². The summed E-state index contributed by atoms with van der Waals surface area (Å²) in [5.41, 5.74) is 2.87. The van der Waals surface area contributed by atoms with Crippen LogP contribution in [-0.4, -0.2) is 50.8 Å². The van der Waals surface area contributed by atoms with Crippen molar-refractivity contribution in [2.45, 2.75) is 23.0 Å². The number of nitrogens with zero attached hydrogens (tertiary/aromatic N) is 1. The number of benzene rings is 2. The van der Waals surface area contributed by atoms with Crippen molar-refractivity contribution in [3.05, 3.63) is 70.9 Å². The number of piperidine rings is 1. The predicted molar refractivity (Wildman–Crippen MR) is 128 cm³/mol. The molecule has 0 atom stereocenters. The van der Waals surface area contributed by atoms with Gasteiger partial charge in [0.25, 0.3) is 0 Å². The average molecular weight is 485 g/mol. The van der Waals surface area contributed by atoms with Crippen LogP contribution in [0.5, 0.6) is 0 Å². The molecule has 0 spiro atoms. The number of anilines is 1. The summed E-state index contributed by atoms with van der Waals surface area (Å²) in [5, 5.41) is 6.24. The summed E-state index contributed by atoms with van der Waals surface area (Å²) < 4.78 is 30.9. The Morgan fingerprint density at radius 1 is 1.03 bits per heavy atom. The molecule has 33 heavy (non-hydrogen) atoms. The number of methoxy groups -OCH3 is 1. The van der Waals surface area contributed by atoms with Crippen molar-refractivity contribution in [2.24, 2.45) is 0 Å². The van der Waals surface area contributed by atoms with Gasteiger partial charge in [0.15, 0.2) is 9.84 Å². The van der Waals surface area contributed by atoms with Crippen LogP contribution in [0.15, 0.2) is 70.3 Å². The molecule has 1 aliphatic heterocycles. The number of hydrogen-bond donors (Lipinski definition) is 1. The number of hydrogen-bond acceptors (Lipinski definition) is 6. The number of sulfone groups is 1. The highest BCUT2D eigenvalue weighted by atomic mass is 32.2. The fourth-order valence-electron chi connectivity index (χ4n) is 3.87. The van der Waals surface area contributed by atoms with E-state index in [-0.39, 0.29) is 6.03 Å². The monoisotopic (exact) mass is 484 g/mol. The Hall–Kier alpha value is -3.17. The maximum absolute atomic E-state index is 13.1. The summed E-state index contributed by atoms with van der Waals surface area (Å²) in [6, 6.07) is 15.1. The number of urea groups is 1. The van der Waals surface area contributed by atoms with Crippen LogP contribution >= 0.6 is 11.3 Å². The Bertz CT molecular complexity index is 1230. The van der Waals surface area contributed by atoms with E-state index in [2.05, 4.69) is 5.32 Å². The summed E-state index contributed by atoms with van der Waals surface area (Å²) in [5.74, 6) is -0.486. The van der Waals surface area contributed by atoms with Crippen LogP contribution < -0.4 is 5.32 Å². The highest BCUT2D eigenvalue weighted by molar-refractivity contribution is 7.92. The van der Waals surface area contributed by atoms with Crippen molar-refractivity contribution in [1.82, 2.24) is 4.90 Å². The van der Waals surface area contributed by atoms with E-state index < -0.39 is 21.1 Å². The molecule has 2 amide bonds. The van der Waals surface area contributed by atoms with E-state index in [0.29, 0.717) is 42.1 Å². The molecule has 172 valence electrons. The van der Waals surface area contributed by atoms with E-state index in [1.54, 1.807) is 52.6 Å². The molecule has 7 nitrogen and oxygen atoms in total. The van der Waals surface area contributed by atoms with Gasteiger partial charge in [0.2, 0.25) is 0 Å². The number of likely N-dealkylation sites (tertiary alicyclic amines) is 1. The van der Waals surface area contributed by atoms with Gasteiger partial charge in [-0.3, -0.25) is 0 Å². The van der Waals surface area contributed by atoms with Gasteiger partial charge in [0, 0.05) is 18.8 Å². The van der Waals surface area contributed by atoms with Crippen LogP contribution in [0.2, 0.25) is 0 Å². The quantitative estimate of drug-likeness (QED) is 0.531. The summed E-state index contributed by atoms with van der Waals surface area (Å²) in [7, 11) is -2.19. The molecule has 2 heterocycles. The van der Waals surface area contributed by atoms with Crippen molar-refractivity contribution >= 4 is 38.9 Å². The third kappa shape index (κ3) is 5.09. The van der Waals surface area contributed by atoms with Gasteiger partial charge in [-0.25, -0.2) is 18.0 Å². The maximum Gasteiger partial charge on any atom is 0.337 e. The molecule has 0 radical (unpaired) electrons. The second kappa shape index (κ2) is 9.76. The standard InChI is InChI=1S/C24H24N2O5S2/c1-31-23(27)18-3-2-4-20(15-18)25-24(28)26-12-9-22(10-13-26)33(29,30)21-7-5-17(6-8-21)19-11-14-32-16-19/h2-8,11,14-16,22H,9-10,12-13H2,1H3,(H,25,28). The molecule has 1 aromatic heterocycles. The van der Waals surface area contributed by atoms with Crippen LogP contribution in [0.3, 0.4) is 0 Å². The number of carbonyl (C=O) groups is 2. The highest BCUT2D eigenvalue weighted by Gasteiger charge is 2.32. The van der Waals surface area contributed by atoms with Crippen LogP contribution in [0.1, 0.15) is 23.2 Å². The van der Waals surface area contributed by atoms with Crippen LogP contribution in [0, 0.1) is 0 Å². The van der Waals surface area contributed by atoms with E-state index in [0.717, 1.165) is 11.1 Å². The van der Waals surface area contributed by atoms with E-state index in [9.17, 15) is 18.0 Å². The van der Waals surface area contributed by atoms with Gasteiger partial charge in [-0.2, -0.15) is 11.3 Å². The van der Waals surface area contributed by atoms with Gasteiger partial charge < -0.3 is 15.0 Å². The fourth-order valence-corrected chi connectivity index (χ4v) is 6.27. The Kier molecular flexibility index (Phi) is 6.80. The number of nitrogens with one attached hydrogen (secondary N) is 1. The van der Waals surface area contributed by atoms with Gasteiger partial charge in [-0.05, 0) is 71.1 Å². The molecule has 1 N–H and O–H groups in total. The second-order valence-electron chi connectivity index (χ2n) is 7.77. The normalized spacial score (nSPS) is 14.6. The number of thiophene rings is 1. The topological polar surface area (TPSA) is 92.8 Å². The minimum Gasteiger partial charge on any atom is -0.465 e. The molecular weight excluding hydrogens is 460 g/mol. The fraction of sp³-hybridized carbons (Fsp3) is 0.250. The van der Waals surface area contributed by atoms with E-state index in [1.807, 2.05) is 29.0 Å². The number of amides is 2. The van der Waals surface area contributed by atoms with Crippen LogP contribution in [-0.2, 0) is 14.6 Å². The second-order valence-corrected chi connectivity index (χ2v) is 10.8. The molecule has 2 aromatic carbocycles. The summed E-state index contributed by atoms with van der Waals surface area (Å²) in [6.45, 7) is 0.665. The molecule has 4 rings (SSSR count). The van der Waals surface area contributed by atoms with Gasteiger partial charge in [0.05, 0.1) is 22.8 Å². The molecule has 0 bridgehead atoms. The lowest BCUT2D eigenvalue weighted by molar-refractivity contribution is 0.0600. The van der Waals surface area contributed by atoms with Crippen molar-refractivity contribution in [3.8, 4) is 11.1 Å². The van der Waals surface area contributed by atoms with Gasteiger partial charge >= 0.3 is 12.0 Å². The first-order chi connectivity index (χ1) is 15.9. The zero-order valence-electron chi connectivity index (χ0n) is 18.1. The molecule has 0 unspecified atom stereocenters. The minimum atomic E-state index is -3.48. The SMILES string of the molecule is COC(=O)c1cccc(NC(=O)N2CCC(S(=O)(=O)c3ccc(-c4ccsc4)cc3)CC2)c1. The number of esters is 1. The van der Waals surface area contributed by atoms with Crippen molar-refractivity contribution < 1.29 is 22.7 Å². The van der Waals surface area contributed by atoms with E-state index in [1.165, 1.54) is 7.11 Å². The van der Waals surface area contributed by atoms with Gasteiger partial charge in [-0.15, -0.1) is 0 Å². The molecule has 0 saturated carbocycles. The zero-order chi connectivity index (χ0) is 23.4. The lowest BCUT2D eigenvalue weighted by atomic mass is 10.1. The number of ether oxygens (including phenoxy) is 1. The smallest absolute Gasteiger partial charge is 0.337 e. The Labute approximate surface area is 196 Å². The Balaban J connectivity index is 1.37. The first-order valence-corrected chi connectivity index (χ1v) is 13.0. The third-order valence-corrected chi connectivity index (χ3v) is 8.70. The third-order valence-electron chi connectivity index (χ3n) is 5.74. The molecule has 3 aromatic rings. The van der Waals surface area contributed by atoms with E-state index >= 15 is 0 Å². The van der Waals surface area contributed by atoms with Gasteiger partial charge in [0.1, 0.15) is 0 Å². The summed E-state index contributed by atoms with van der Waals surface area (Å²) in [6.07, 6.45) is 0.731. The first kappa shape index (κ1) is 23.0. The molecule has 1 fully saturated rings. The summed E-state index contributed by atoms with van der Waals surface area (Å²) in [4.78, 5) is 26.2. The molecular formula is C24H24N2O5S2. The van der Waals surface area contributed by atoms with Crippen molar-refractivity contribution in [3.63, 3.8) is 0 Å². The molecule has 1 aliphatic rings. The lowest BCUT2D eigenvalue weighted by Gasteiger charge is -2.31. The highest BCUT2D eigenvalue weighted by Crippen LogP contribution is 2.28. The number of rotatable bonds is 5. The molecule has 0 aliphatic carbocycles. The Morgan fingerprint density at radius 3 is 2.39 bits per heavy atom. The summed E-state index contributed by atoms with van der Waals surface area (Å²) >= 11 is 1.60. The molecule has 9 heteroatoms. The van der Waals surface area contributed by atoms with E-state index in [4.69, 9.17) is 4.74 Å². The molecule has 1 saturated heterocycles. The Morgan fingerprint density at radius 2 is 1.76 bits per heavy atom. The number of carbonyl (C=O) groups excluding carboxylic acids is 2. The van der Waals surface area contributed by atoms with Crippen molar-refractivity contribution in [2.75, 3.05) is 25.5 Å². The lowest BCUT2D eigenvalue weighted by Crippen LogP contribution is -2.44. The van der Waals surface area contributed by atoms with Gasteiger partial charge in [-0.1, -0.05) is 18.2 Å². The average Bonchev–Trinajstić information content (AvgIpc) is 3.39. The zero-order valence-corrected chi connectivity index (χ0v) is 19.7. The van der Waals surface area contributed by atoms with Crippen molar-refractivity contribution in [1.29, 1.82) is 0 Å². The largest absolute Gasteiger partial charge is 0.465 e. The predicted octanol–water partition coefficient (Wildman–Crippen LogP) is 4.67. The van der Waals surface area contributed by atoms with Crippen LogP contribution in [0.25, 0.3) is 11.1 Å². The minimum absolute atomic E-state index is 0.309. The first-order valence-electron chi connectivity index (χ1n) is 10.5.